The van der Waals surface area contributed by atoms with Crippen LogP contribution < -0.4 is 5.32 Å². The zero-order valence-electron chi connectivity index (χ0n) is 19.2. The average Bonchev–Trinajstić information content (AvgIpc) is 3.01. The molecule has 1 heterocycles. The maximum atomic E-state index is 13.7. The van der Waals surface area contributed by atoms with Gasteiger partial charge in [-0.25, -0.2) is 9.69 Å². The zero-order chi connectivity index (χ0) is 22.3. The molecule has 5 nitrogen and oxygen atoms in total. The first-order chi connectivity index (χ1) is 15.0. The number of nitrogens with zero attached hydrogens (tertiary/aromatic N) is 2. The molecule has 3 rings (SSSR count). The maximum absolute atomic E-state index is 13.7. The monoisotopic (exact) mass is 447 g/mol. The van der Waals surface area contributed by atoms with Crippen molar-refractivity contribution in [1.82, 2.24) is 15.1 Å². The van der Waals surface area contributed by atoms with E-state index in [1.807, 2.05) is 31.3 Å². The van der Waals surface area contributed by atoms with Gasteiger partial charge >= 0.3 is 6.03 Å². The first-order valence-electron chi connectivity index (χ1n) is 12.0. The molecule has 0 aromatic heterocycles. The summed E-state index contributed by atoms with van der Waals surface area (Å²) >= 11 is 6.06. The van der Waals surface area contributed by atoms with Crippen LogP contribution in [0.25, 0.3) is 0 Å². The lowest BCUT2D eigenvalue weighted by molar-refractivity contribution is -0.135. The molecule has 31 heavy (non-hydrogen) atoms. The van der Waals surface area contributed by atoms with Crippen LogP contribution in [0.5, 0.6) is 0 Å². The number of halogens is 1. The number of benzene rings is 1. The van der Waals surface area contributed by atoms with E-state index in [1.165, 1.54) is 37.0 Å². The highest BCUT2D eigenvalue weighted by Crippen LogP contribution is 2.39. The van der Waals surface area contributed by atoms with E-state index in [-0.39, 0.29) is 17.9 Å². The molecular weight excluding hydrogens is 410 g/mol. The second-order valence-corrected chi connectivity index (χ2v) is 9.84. The Morgan fingerprint density at radius 3 is 2.42 bits per heavy atom. The minimum absolute atomic E-state index is 0.0582. The lowest BCUT2D eigenvalue weighted by atomic mass is 9.71. The van der Waals surface area contributed by atoms with Crippen LogP contribution in [0, 0.1) is 5.92 Å². The molecule has 1 aliphatic carbocycles. The molecule has 1 N–H and O–H groups in total. The number of amides is 3. The summed E-state index contributed by atoms with van der Waals surface area (Å²) in [7, 11) is 2.00. The molecule has 2 aliphatic rings. The van der Waals surface area contributed by atoms with Gasteiger partial charge in [-0.05, 0) is 56.5 Å². The zero-order valence-corrected chi connectivity index (χ0v) is 19.9. The Labute approximate surface area is 192 Å². The van der Waals surface area contributed by atoms with Crippen molar-refractivity contribution >= 4 is 23.5 Å². The van der Waals surface area contributed by atoms with Crippen LogP contribution in [0.1, 0.15) is 76.7 Å². The smallest absolute Gasteiger partial charge is 0.322 e. The Bertz CT molecular complexity index is 733. The average molecular weight is 448 g/mol. The summed E-state index contributed by atoms with van der Waals surface area (Å²) in [5.41, 5.74) is 0.197. The van der Waals surface area contributed by atoms with Crippen molar-refractivity contribution in [1.29, 1.82) is 0 Å². The normalized spacial score (nSPS) is 22.4. The summed E-state index contributed by atoms with van der Waals surface area (Å²) in [6.45, 7) is 3.47. The second-order valence-electron chi connectivity index (χ2n) is 9.41. The molecule has 1 aliphatic heterocycles. The van der Waals surface area contributed by atoms with Crippen molar-refractivity contribution in [2.75, 3.05) is 20.3 Å². The van der Waals surface area contributed by atoms with E-state index in [4.69, 9.17) is 11.6 Å². The van der Waals surface area contributed by atoms with Gasteiger partial charge in [-0.2, -0.15) is 0 Å². The van der Waals surface area contributed by atoms with Gasteiger partial charge in [0.1, 0.15) is 5.54 Å². The fourth-order valence-corrected chi connectivity index (χ4v) is 5.26. The number of unbranched alkanes of at least 4 members (excludes halogenated alkanes) is 4. The van der Waals surface area contributed by atoms with Gasteiger partial charge in [0, 0.05) is 11.4 Å². The van der Waals surface area contributed by atoms with Crippen LogP contribution in [-0.2, 0) is 11.2 Å². The van der Waals surface area contributed by atoms with Crippen LogP contribution in [0.15, 0.2) is 24.3 Å². The Kier molecular flexibility index (Phi) is 8.79. The molecule has 0 radical (unpaired) electrons. The molecule has 3 amide bonds. The maximum Gasteiger partial charge on any atom is 0.326 e. The summed E-state index contributed by atoms with van der Waals surface area (Å²) < 4.78 is 0. The Balaban J connectivity index is 1.71. The van der Waals surface area contributed by atoms with E-state index in [0.717, 1.165) is 44.2 Å². The van der Waals surface area contributed by atoms with E-state index in [1.54, 1.807) is 0 Å². The number of rotatable bonds is 11. The quantitative estimate of drug-likeness (QED) is 0.354. The minimum atomic E-state index is -0.840. The van der Waals surface area contributed by atoms with Gasteiger partial charge in [0.2, 0.25) is 0 Å². The summed E-state index contributed by atoms with van der Waals surface area (Å²) in [5, 5.41) is 3.85. The minimum Gasteiger partial charge on any atom is -0.322 e. The number of carbonyl (C=O) groups is 2. The molecule has 6 heteroatoms. The Hall–Kier alpha value is -1.59. The first-order valence-corrected chi connectivity index (χ1v) is 12.4. The Morgan fingerprint density at radius 2 is 1.74 bits per heavy atom. The van der Waals surface area contributed by atoms with Gasteiger partial charge < -0.3 is 5.32 Å². The number of carbonyl (C=O) groups excluding carboxylic acids is 2. The fourth-order valence-electron chi connectivity index (χ4n) is 5.13. The molecule has 0 spiro atoms. The summed E-state index contributed by atoms with van der Waals surface area (Å²) in [4.78, 5) is 30.3. The van der Waals surface area contributed by atoms with E-state index in [9.17, 15) is 9.59 Å². The standard InChI is InChI=1S/C25H38ClN3O2/c1-3-4-5-6-10-17-28(2)19-29-23(30)25(27-24(29)31,21-11-8-7-9-12-21)18-20-13-15-22(26)16-14-20/h13-16,21H,3-12,17-19H2,1-2H3,(H,27,31). The molecule has 0 bridgehead atoms. The van der Waals surface area contributed by atoms with Crippen molar-refractivity contribution in [3.8, 4) is 0 Å². The summed E-state index contributed by atoms with van der Waals surface area (Å²) in [6, 6.07) is 7.41. The predicted molar refractivity (Wildman–Crippen MR) is 126 cm³/mol. The number of hydrogen-bond donors (Lipinski definition) is 1. The number of nitrogens with one attached hydrogen (secondary N) is 1. The third-order valence-corrected chi connectivity index (χ3v) is 7.18. The molecule has 1 saturated heterocycles. The van der Waals surface area contributed by atoms with Crippen molar-refractivity contribution in [2.24, 2.45) is 5.92 Å². The molecule has 1 aromatic carbocycles. The van der Waals surface area contributed by atoms with Gasteiger partial charge in [-0.3, -0.25) is 9.69 Å². The van der Waals surface area contributed by atoms with Gasteiger partial charge in [-0.15, -0.1) is 0 Å². The fraction of sp³-hybridized carbons (Fsp3) is 0.680. The van der Waals surface area contributed by atoms with Crippen LogP contribution in [0.3, 0.4) is 0 Å². The van der Waals surface area contributed by atoms with Gasteiger partial charge in [0.25, 0.3) is 5.91 Å². The highest BCUT2D eigenvalue weighted by atomic mass is 35.5. The SMILES string of the molecule is CCCCCCCN(C)CN1C(=O)NC(Cc2ccc(Cl)cc2)(C2CCCCC2)C1=O. The molecule has 1 unspecified atom stereocenters. The summed E-state index contributed by atoms with van der Waals surface area (Å²) in [5.74, 6) is 0.120. The van der Waals surface area contributed by atoms with Crippen molar-refractivity contribution in [2.45, 2.75) is 83.1 Å². The van der Waals surface area contributed by atoms with E-state index in [0.29, 0.717) is 18.1 Å². The van der Waals surface area contributed by atoms with Crippen LogP contribution in [-0.4, -0.2) is 47.5 Å². The van der Waals surface area contributed by atoms with Gasteiger partial charge in [-0.1, -0.05) is 75.6 Å². The topological polar surface area (TPSA) is 52.6 Å². The molecule has 2 fully saturated rings. The van der Waals surface area contributed by atoms with E-state index < -0.39 is 5.54 Å². The van der Waals surface area contributed by atoms with Crippen molar-refractivity contribution < 1.29 is 9.59 Å². The number of urea groups is 1. The van der Waals surface area contributed by atoms with Crippen LogP contribution in [0.4, 0.5) is 4.79 Å². The summed E-state index contributed by atoms with van der Waals surface area (Å²) in [6.07, 6.45) is 12.0. The highest BCUT2D eigenvalue weighted by molar-refractivity contribution is 6.30. The van der Waals surface area contributed by atoms with Crippen LogP contribution in [0.2, 0.25) is 5.02 Å². The number of hydrogen-bond acceptors (Lipinski definition) is 3. The first kappa shape index (κ1) is 24.1. The largest absolute Gasteiger partial charge is 0.326 e. The molecule has 172 valence electrons. The van der Waals surface area contributed by atoms with E-state index >= 15 is 0 Å². The number of imide groups is 1. The molecule has 1 aromatic rings. The van der Waals surface area contributed by atoms with E-state index in [2.05, 4.69) is 17.1 Å². The van der Waals surface area contributed by atoms with Crippen molar-refractivity contribution in [3.63, 3.8) is 0 Å². The van der Waals surface area contributed by atoms with Crippen molar-refractivity contribution in [3.05, 3.63) is 34.9 Å². The lowest BCUT2D eigenvalue weighted by Gasteiger charge is -2.38. The highest BCUT2D eigenvalue weighted by Gasteiger charge is 2.55. The molecular formula is C25H38ClN3O2. The third kappa shape index (κ3) is 6.01. The predicted octanol–water partition coefficient (Wildman–Crippen LogP) is 5.61. The molecule has 1 atom stereocenters. The van der Waals surface area contributed by atoms with Gasteiger partial charge in [0.15, 0.2) is 0 Å². The lowest BCUT2D eigenvalue weighted by Crippen LogP contribution is -2.55. The second kappa shape index (κ2) is 11.3. The van der Waals surface area contributed by atoms with Crippen LogP contribution >= 0.6 is 11.6 Å². The third-order valence-electron chi connectivity index (χ3n) is 6.93. The Morgan fingerprint density at radius 1 is 1.06 bits per heavy atom. The van der Waals surface area contributed by atoms with Gasteiger partial charge in [0.05, 0.1) is 6.67 Å². The molecule has 1 saturated carbocycles.